The van der Waals surface area contributed by atoms with Gasteiger partial charge in [-0.15, -0.1) is 22.7 Å². The first-order chi connectivity index (χ1) is 14.7. The molecule has 154 valence electrons. The Hall–Kier alpha value is -2.35. The second-order valence-electron chi connectivity index (χ2n) is 7.92. The van der Waals surface area contributed by atoms with Crippen molar-refractivity contribution >= 4 is 49.0 Å². The number of aromatic nitrogens is 2. The van der Waals surface area contributed by atoms with Crippen molar-refractivity contribution in [2.75, 3.05) is 26.7 Å². The van der Waals surface area contributed by atoms with Crippen LogP contribution in [0.15, 0.2) is 48.5 Å². The smallest absolute Gasteiger partial charge is 0.236 e. The van der Waals surface area contributed by atoms with Crippen molar-refractivity contribution in [2.24, 2.45) is 0 Å². The number of carbonyl (C=O) groups excluding carboxylic acids is 1. The summed E-state index contributed by atoms with van der Waals surface area (Å²) in [4.78, 5) is 26.5. The molecular formula is C23H24N4OS2. The number of rotatable bonds is 5. The molecule has 1 aliphatic rings. The first-order valence-electron chi connectivity index (χ1n) is 10.3. The second-order valence-corrected chi connectivity index (χ2v) is 10.1. The Morgan fingerprint density at radius 1 is 1.07 bits per heavy atom. The maximum atomic E-state index is 12.9. The van der Waals surface area contributed by atoms with Crippen LogP contribution < -0.4 is 0 Å². The van der Waals surface area contributed by atoms with Crippen molar-refractivity contribution < 1.29 is 4.79 Å². The lowest BCUT2D eigenvalue weighted by molar-refractivity contribution is -0.131. The maximum absolute atomic E-state index is 12.9. The highest BCUT2D eigenvalue weighted by Crippen LogP contribution is 2.33. The van der Waals surface area contributed by atoms with Crippen molar-refractivity contribution in [2.45, 2.75) is 25.3 Å². The fraction of sp³-hybridized carbons (Fsp3) is 0.348. The Morgan fingerprint density at radius 3 is 2.50 bits per heavy atom. The van der Waals surface area contributed by atoms with Gasteiger partial charge in [0.15, 0.2) is 0 Å². The molecule has 1 atom stereocenters. The fourth-order valence-electron chi connectivity index (χ4n) is 4.06. The number of likely N-dealkylation sites (N-methyl/N-ethyl adjacent to an activating group) is 1. The Bertz CT molecular complexity index is 1120. The molecule has 1 amide bonds. The molecule has 3 heterocycles. The van der Waals surface area contributed by atoms with Crippen LogP contribution in [0.25, 0.3) is 20.4 Å². The number of hydrogen-bond acceptors (Lipinski definition) is 6. The molecule has 5 nitrogen and oxygen atoms in total. The van der Waals surface area contributed by atoms with E-state index in [0.29, 0.717) is 19.0 Å². The molecule has 30 heavy (non-hydrogen) atoms. The van der Waals surface area contributed by atoms with Gasteiger partial charge in [0.2, 0.25) is 5.91 Å². The molecule has 1 saturated heterocycles. The van der Waals surface area contributed by atoms with Gasteiger partial charge in [-0.25, -0.2) is 9.97 Å². The van der Waals surface area contributed by atoms with E-state index in [1.54, 1.807) is 27.6 Å². The summed E-state index contributed by atoms with van der Waals surface area (Å²) in [7, 11) is 1.88. The van der Waals surface area contributed by atoms with Crippen LogP contribution in [0.1, 0.15) is 28.8 Å². The van der Waals surface area contributed by atoms with Crippen molar-refractivity contribution in [3.05, 3.63) is 58.5 Å². The van der Waals surface area contributed by atoms with E-state index in [2.05, 4.69) is 34.1 Å². The third-order valence-electron chi connectivity index (χ3n) is 5.66. The SMILES string of the molecule is CN(Cc1nc2ccccc2s1)C(=O)CN1CCCC(c2nc3ccccc3s2)C1. The molecule has 5 rings (SSSR count). The van der Waals surface area contributed by atoms with Crippen LogP contribution in [0, 0.1) is 0 Å². The lowest BCUT2D eigenvalue weighted by Crippen LogP contribution is -2.42. The Labute approximate surface area is 184 Å². The predicted octanol–water partition coefficient (Wildman–Crippen LogP) is 4.74. The summed E-state index contributed by atoms with van der Waals surface area (Å²) in [5.74, 6) is 0.567. The minimum Gasteiger partial charge on any atom is -0.338 e. The maximum Gasteiger partial charge on any atom is 0.236 e. The highest BCUT2D eigenvalue weighted by molar-refractivity contribution is 7.18. The van der Waals surface area contributed by atoms with Crippen LogP contribution in [0.3, 0.4) is 0 Å². The zero-order valence-electron chi connectivity index (χ0n) is 17.0. The van der Waals surface area contributed by atoms with Gasteiger partial charge in [0, 0.05) is 19.5 Å². The van der Waals surface area contributed by atoms with Gasteiger partial charge < -0.3 is 4.90 Å². The molecule has 1 fully saturated rings. The van der Waals surface area contributed by atoms with Gasteiger partial charge >= 0.3 is 0 Å². The molecule has 4 aromatic rings. The molecule has 2 aromatic heterocycles. The summed E-state index contributed by atoms with van der Waals surface area (Å²) in [6.45, 7) is 2.90. The Morgan fingerprint density at radius 2 is 1.77 bits per heavy atom. The summed E-state index contributed by atoms with van der Waals surface area (Å²) in [6, 6.07) is 16.4. The zero-order chi connectivity index (χ0) is 20.5. The monoisotopic (exact) mass is 436 g/mol. The van der Waals surface area contributed by atoms with Gasteiger partial charge in [-0.1, -0.05) is 24.3 Å². The molecule has 0 aliphatic carbocycles. The number of para-hydroxylation sites is 2. The van der Waals surface area contributed by atoms with Gasteiger partial charge in [-0.05, 0) is 43.7 Å². The number of benzene rings is 2. The van der Waals surface area contributed by atoms with Crippen LogP contribution in [-0.4, -0.2) is 52.4 Å². The summed E-state index contributed by atoms with van der Waals surface area (Å²) < 4.78 is 2.42. The highest BCUT2D eigenvalue weighted by atomic mass is 32.1. The van der Waals surface area contributed by atoms with Crippen LogP contribution in [0.2, 0.25) is 0 Å². The summed E-state index contributed by atoms with van der Waals surface area (Å²) >= 11 is 3.46. The van der Waals surface area contributed by atoms with Crippen LogP contribution >= 0.6 is 22.7 Å². The van der Waals surface area contributed by atoms with E-state index in [9.17, 15) is 4.79 Å². The van der Waals surface area contributed by atoms with Crippen molar-refractivity contribution in [1.29, 1.82) is 0 Å². The zero-order valence-corrected chi connectivity index (χ0v) is 18.6. The largest absolute Gasteiger partial charge is 0.338 e. The molecule has 0 bridgehead atoms. The molecule has 0 radical (unpaired) electrons. The number of piperidine rings is 1. The Kier molecular flexibility index (Phi) is 5.50. The van der Waals surface area contributed by atoms with E-state index < -0.39 is 0 Å². The van der Waals surface area contributed by atoms with Crippen molar-refractivity contribution in [3.63, 3.8) is 0 Å². The number of likely N-dealkylation sites (tertiary alicyclic amines) is 1. The first kappa shape index (κ1) is 19.6. The van der Waals surface area contributed by atoms with Gasteiger partial charge in [-0.3, -0.25) is 9.69 Å². The van der Waals surface area contributed by atoms with Crippen molar-refractivity contribution in [1.82, 2.24) is 19.8 Å². The first-order valence-corrected chi connectivity index (χ1v) is 12.0. The van der Waals surface area contributed by atoms with E-state index in [1.807, 2.05) is 31.3 Å². The standard InChI is InChI=1S/C23H24N4OS2/c1-26(14-21-24-17-8-2-4-10-19(17)29-21)22(28)15-27-12-6-7-16(13-27)23-25-18-9-3-5-11-20(18)30-23/h2-5,8-11,16H,6-7,12-15H2,1H3. The Balaban J connectivity index is 1.21. The minimum atomic E-state index is 0.152. The molecule has 0 spiro atoms. The van der Waals surface area contributed by atoms with E-state index in [0.717, 1.165) is 42.0 Å². The summed E-state index contributed by atoms with van der Waals surface area (Å²) in [6.07, 6.45) is 2.25. The lowest BCUT2D eigenvalue weighted by Gasteiger charge is -2.32. The van der Waals surface area contributed by atoms with E-state index in [1.165, 1.54) is 14.4 Å². The number of carbonyl (C=O) groups is 1. The van der Waals surface area contributed by atoms with Crippen LogP contribution in [0.5, 0.6) is 0 Å². The molecule has 1 unspecified atom stereocenters. The third-order valence-corrected chi connectivity index (χ3v) is 7.88. The quantitative estimate of drug-likeness (QED) is 0.453. The van der Waals surface area contributed by atoms with Gasteiger partial charge in [-0.2, -0.15) is 0 Å². The van der Waals surface area contributed by atoms with Gasteiger partial charge in [0.25, 0.3) is 0 Å². The van der Waals surface area contributed by atoms with Crippen LogP contribution in [0.4, 0.5) is 0 Å². The lowest BCUT2D eigenvalue weighted by atomic mass is 9.99. The number of amides is 1. The summed E-state index contributed by atoms with van der Waals surface area (Å²) in [5, 5.41) is 2.19. The van der Waals surface area contributed by atoms with Gasteiger partial charge in [0.1, 0.15) is 5.01 Å². The molecule has 2 aromatic carbocycles. The molecular weight excluding hydrogens is 412 g/mol. The van der Waals surface area contributed by atoms with E-state index in [4.69, 9.17) is 4.98 Å². The normalized spacial score (nSPS) is 17.6. The van der Waals surface area contributed by atoms with Crippen LogP contribution in [-0.2, 0) is 11.3 Å². The van der Waals surface area contributed by atoms with Crippen molar-refractivity contribution in [3.8, 4) is 0 Å². The second kappa shape index (κ2) is 8.41. The number of hydrogen-bond donors (Lipinski definition) is 0. The summed E-state index contributed by atoms with van der Waals surface area (Å²) in [5.41, 5.74) is 2.09. The molecule has 1 aliphatic heterocycles. The predicted molar refractivity (Wildman–Crippen MR) is 124 cm³/mol. The molecule has 7 heteroatoms. The van der Waals surface area contributed by atoms with E-state index >= 15 is 0 Å². The fourth-order valence-corrected chi connectivity index (χ4v) is 6.17. The van der Waals surface area contributed by atoms with E-state index in [-0.39, 0.29) is 5.91 Å². The number of fused-ring (bicyclic) bond motifs is 2. The molecule has 0 N–H and O–H groups in total. The number of thiazole rings is 2. The topological polar surface area (TPSA) is 49.3 Å². The van der Waals surface area contributed by atoms with Gasteiger partial charge in [0.05, 0.1) is 38.5 Å². The minimum absolute atomic E-state index is 0.152. The third kappa shape index (κ3) is 4.10. The average molecular weight is 437 g/mol. The average Bonchev–Trinajstić information content (AvgIpc) is 3.37. The highest BCUT2D eigenvalue weighted by Gasteiger charge is 2.26. The number of nitrogens with zero attached hydrogens (tertiary/aromatic N) is 4. The molecule has 0 saturated carbocycles.